The Bertz CT molecular complexity index is 184. The maximum Gasteiger partial charge on any atom is 0.312 e. The summed E-state index contributed by atoms with van der Waals surface area (Å²) in [4.78, 5) is 11.2. The fourth-order valence-corrected chi connectivity index (χ4v) is 0.703. The summed E-state index contributed by atoms with van der Waals surface area (Å²) >= 11 is 0. The Morgan fingerprint density at radius 3 is 1.93 bits per heavy atom. The van der Waals surface area contributed by atoms with Crippen LogP contribution in [0.3, 0.4) is 0 Å². The molecule has 0 spiro atoms. The van der Waals surface area contributed by atoms with Crippen molar-refractivity contribution in [2.45, 2.75) is 52.7 Å². The van der Waals surface area contributed by atoms with Crippen LogP contribution in [-0.2, 0) is 14.3 Å². The minimum Gasteiger partial charge on any atom is -0.460 e. The Kier molecular flexibility index (Phi) is 4.59. The molecular formula is C11H21O3. The number of ether oxygens (including phenoxy) is 2. The highest BCUT2D eigenvalue weighted by Gasteiger charge is 2.17. The highest BCUT2D eigenvalue weighted by molar-refractivity contribution is 5.79. The molecule has 0 heterocycles. The molecule has 0 aliphatic carbocycles. The first-order valence-electron chi connectivity index (χ1n) is 4.80. The van der Waals surface area contributed by atoms with Gasteiger partial charge in [-0.15, -0.1) is 0 Å². The molecule has 0 aliphatic heterocycles. The van der Waals surface area contributed by atoms with Crippen LogP contribution >= 0.6 is 0 Å². The molecule has 3 heteroatoms. The average Bonchev–Trinajstić information content (AvgIpc) is 1.78. The van der Waals surface area contributed by atoms with Crippen LogP contribution in [0.4, 0.5) is 0 Å². The first kappa shape index (κ1) is 13.4. The highest BCUT2D eigenvalue weighted by Crippen LogP contribution is 2.10. The van der Waals surface area contributed by atoms with Gasteiger partial charge < -0.3 is 9.47 Å². The zero-order valence-corrected chi connectivity index (χ0v) is 10.0. The molecule has 1 radical (unpaired) electrons. The van der Waals surface area contributed by atoms with E-state index in [2.05, 4.69) is 0 Å². The van der Waals surface area contributed by atoms with E-state index in [-0.39, 0.29) is 11.6 Å². The van der Waals surface area contributed by atoms with Crippen molar-refractivity contribution in [3.63, 3.8) is 0 Å². The monoisotopic (exact) mass is 201 g/mol. The Morgan fingerprint density at radius 1 is 1.07 bits per heavy atom. The molecule has 0 saturated carbocycles. The summed E-state index contributed by atoms with van der Waals surface area (Å²) in [6, 6.07) is 0. The number of hydrogen-bond acceptors (Lipinski definition) is 3. The maximum absolute atomic E-state index is 11.2. The van der Waals surface area contributed by atoms with Crippen molar-refractivity contribution in [2.24, 2.45) is 0 Å². The molecule has 14 heavy (non-hydrogen) atoms. The summed E-state index contributed by atoms with van der Waals surface area (Å²) in [7, 11) is 0. The second-order valence-electron chi connectivity index (χ2n) is 5.16. The third kappa shape index (κ3) is 9.52. The van der Waals surface area contributed by atoms with Gasteiger partial charge in [0.1, 0.15) is 5.60 Å². The number of carbonyl (C=O) groups is 1. The van der Waals surface area contributed by atoms with E-state index in [1.165, 1.54) is 6.42 Å². The second kappa shape index (κ2) is 4.78. The van der Waals surface area contributed by atoms with Crippen LogP contribution in [0, 0.1) is 6.42 Å². The van der Waals surface area contributed by atoms with E-state index in [4.69, 9.17) is 9.47 Å². The van der Waals surface area contributed by atoms with Crippen molar-refractivity contribution < 1.29 is 14.3 Å². The summed E-state index contributed by atoms with van der Waals surface area (Å²) < 4.78 is 10.4. The van der Waals surface area contributed by atoms with Crippen LogP contribution in [0.15, 0.2) is 0 Å². The first-order chi connectivity index (χ1) is 6.10. The van der Waals surface area contributed by atoms with Gasteiger partial charge in [0.2, 0.25) is 0 Å². The van der Waals surface area contributed by atoms with Crippen molar-refractivity contribution in [3.05, 3.63) is 6.42 Å². The van der Waals surface area contributed by atoms with Gasteiger partial charge in [0.25, 0.3) is 0 Å². The summed E-state index contributed by atoms with van der Waals surface area (Å²) in [6.07, 6.45) is 1.41. The van der Waals surface area contributed by atoms with Crippen LogP contribution in [0.25, 0.3) is 0 Å². The lowest BCUT2D eigenvalue weighted by atomic mass is 10.2. The van der Waals surface area contributed by atoms with Crippen LogP contribution in [0.2, 0.25) is 0 Å². The predicted molar refractivity (Wildman–Crippen MR) is 55.9 cm³/mol. The Labute approximate surface area is 86.8 Å². The van der Waals surface area contributed by atoms with Crippen molar-refractivity contribution in [3.8, 4) is 0 Å². The molecule has 0 aromatic rings. The van der Waals surface area contributed by atoms with Gasteiger partial charge in [-0.05, 0) is 41.5 Å². The maximum atomic E-state index is 11.2. The molecule has 0 aromatic carbocycles. The van der Waals surface area contributed by atoms with Crippen molar-refractivity contribution in [2.75, 3.05) is 6.61 Å². The fourth-order valence-electron chi connectivity index (χ4n) is 0.703. The lowest BCUT2D eigenvalue weighted by Crippen LogP contribution is -2.26. The number of esters is 1. The van der Waals surface area contributed by atoms with Crippen LogP contribution < -0.4 is 0 Å². The summed E-state index contributed by atoms with van der Waals surface area (Å²) in [5, 5.41) is 0. The van der Waals surface area contributed by atoms with Crippen molar-refractivity contribution >= 4 is 5.97 Å². The van der Waals surface area contributed by atoms with Crippen molar-refractivity contribution in [1.29, 1.82) is 0 Å². The van der Waals surface area contributed by atoms with Gasteiger partial charge in [-0.2, -0.15) is 0 Å². The lowest BCUT2D eigenvalue weighted by Gasteiger charge is -2.21. The molecule has 83 valence electrons. The number of hydrogen-bond donors (Lipinski definition) is 0. The number of carbonyl (C=O) groups excluding carboxylic acids is 1. The van der Waals surface area contributed by atoms with Gasteiger partial charge in [-0.1, -0.05) is 0 Å². The Morgan fingerprint density at radius 2 is 1.57 bits per heavy atom. The minimum atomic E-state index is -0.435. The van der Waals surface area contributed by atoms with Crippen molar-refractivity contribution in [1.82, 2.24) is 0 Å². The summed E-state index contributed by atoms with van der Waals surface area (Å²) in [5.74, 6) is -0.332. The third-order valence-corrected chi connectivity index (χ3v) is 1.17. The van der Waals surface area contributed by atoms with Gasteiger partial charge in [-0.25, -0.2) is 0 Å². The smallest absolute Gasteiger partial charge is 0.312 e. The zero-order chi connectivity index (χ0) is 11.4. The van der Waals surface area contributed by atoms with Crippen LogP contribution in [0.1, 0.15) is 41.5 Å². The van der Waals surface area contributed by atoms with Gasteiger partial charge in [0.15, 0.2) is 0 Å². The molecule has 0 N–H and O–H groups in total. The van der Waals surface area contributed by atoms with E-state index in [1.807, 2.05) is 41.5 Å². The molecule has 0 aromatic heterocycles. The second-order valence-corrected chi connectivity index (χ2v) is 5.16. The molecule has 0 unspecified atom stereocenters. The quantitative estimate of drug-likeness (QED) is 0.657. The van der Waals surface area contributed by atoms with Gasteiger partial charge in [-0.3, -0.25) is 4.79 Å². The molecule has 0 amide bonds. The SMILES string of the molecule is CC(C)(C)OC[CH]C(=O)OC(C)(C)C. The molecule has 3 nitrogen and oxygen atoms in total. The topological polar surface area (TPSA) is 35.5 Å². The van der Waals surface area contributed by atoms with E-state index in [1.54, 1.807) is 0 Å². The number of rotatable bonds is 3. The molecule has 0 fully saturated rings. The summed E-state index contributed by atoms with van der Waals surface area (Å²) in [6.45, 7) is 11.6. The normalized spacial score (nSPS) is 12.7. The van der Waals surface area contributed by atoms with Gasteiger partial charge in [0.05, 0.1) is 18.6 Å². The van der Waals surface area contributed by atoms with E-state index >= 15 is 0 Å². The van der Waals surface area contributed by atoms with Crippen LogP contribution in [0.5, 0.6) is 0 Å². The van der Waals surface area contributed by atoms with E-state index in [0.29, 0.717) is 6.61 Å². The predicted octanol–water partition coefficient (Wildman–Crippen LogP) is 2.35. The molecule has 0 saturated heterocycles. The average molecular weight is 201 g/mol. The zero-order valence-electron chi connectivity index (χ0n) is 10.0. The fraction of sp³-hybridized carbons (Fsp3) is 0.818. The highest BCUT2D eigenvalue weighted by atomic mass is 16.6. The van der Waals surface area contributed by atoms with Gasteiger partial charge >= 0.3 is 5.97 Å². The van der Waals surface area contributed by atoms with Crippen LogP contribution in [-0.4, -0.2) is 23.8 Å². The van der Waals surface area contributed by atoms with E-state index in [9.17, 15) is 4.79 Å². The standard InChI is InChI=1S/C11H21O3/c1-10(2,3)13-8-7-9(12)14-11(4,5)6/h7H,8H2,1-6H3. The molecule has 0 bridgehead atoms. The molecular weight excluding hydrogens is 180 g/mol. The molecule has 0 aliphatic rings. The minimum absolute atomic E-state index is 0.224. The Balaban J connectivity index is 3.66. The van der Waals surface area contributed by atoms with E-state index < -0.39 is 5.60 Å². The summed E-state index contributed by atoms with van der Waals surface area (Å²) in [5.41, 5.74) is -0.659. The third-order valence-electron chi connectivity index (χ3n) is 1.17. The largest absolute Gasteiger partial charge is 0.460 e. The molecule has 0 atom stereocenters. The molecule has 0 rings (SSSR count). The lowest BCUT2D eigenvalue weighted by molar-refractivity contribution is -0.151. The first-order valence-corrected chi connectivity index (χ1v) is 4.80. The van der Waals surface area contributed by atoms with E-state index in [0.717, 1.165) is 0 Å². The van der Waals surface area contributed by atoms with Gasteiger partial charge in [0, 0.05) is 0 Å². The Hall–Kier alpha value is -0.570.